The molecule has 3 aromatic rings. The Kier molecular flexibility index (Phi) is 6.38. The third kappa shape index (κ3) is 4.58. The van der Waals surface area contributed by atoms with Gasteiger partial charge in [0.1, 0.15) is 12.0 Å². The van der Waals surface area contributed by atoms with Gasteiger partial charge in [-0.1, -0.05) is 40.6 Å². The first kappa shape index (κ1) is 23.2. The van der Waals surface area contributed by atoms with Gasteiger partial charge in [0.2, 0.25) is 11.7 Å². The third-order valence-electron chi connectivity index (χ3n) is 6.58. The summed E-state index contributed by atoms with van der Waals surface area (Å²) in [6, 6.07) is 7.66. The number of hydrogen-bond donors (Lipinski definition) is 0. The number of hydrogen-bond acceptors (Lipinski definition) is 6. The molecule has 1 aromatic carbocycles. The molecule has 2 aliphatic heterocycles. The van der Waals surface area contributed by atoms with Gasteiger partial charge in [-0.25, -0.2) is 4.98 Å². The number of aromatic nitrogens is 4. The molecule has 1 amide bonds. The molecule has 0 N–H and O–H groups in total. The zero-order valence-electron chi connectivity index (χ0n) is 20.9. The van der Waals surface area contributed by atoms with Crippen molar-refractivity contribution >= 4 is 5.91 Å². The molecule has 1 fully saturated rings. The highest BCUT2D eigenvalue weighted by atomic mass is 16.5. The second-order valence-electron chi connectivity index (χ2n) is 9.79. The first-order valence-corrected chi connectivity index (χ1v) is 12.2. The summed E-state index contributed by atoms with van der Waals surface area (Å²) in [5.74, 6) is 1.09. The van der Waals surface area contributed by atoms with Crippen molar-refractivity contribution in [2.24, 2.45) is 0 Å². The van der Waals surface area contributed by atoms with Gasteiger partial charge in [-0.3, -0.25) is 14.3 Å². The van der Waals surface area contributed by atoms with Crippen molar-refractivity contribution < 1.29 is 9.32 Å². The quantitative estimate of drug-likeness (QED) is 0.453. The van der Waals surface area contributed by atoms with Gasteiger partial charge in [-0.15, -0.1) is 0 Å². The average Bonchev–Trinajstić information content (AvgIpc) is 3.58. The van der Waals surface area contributed by atoms with Gasteiger partial charge >= 0.3 is 0 Å². The SMILES string of the molecule is CC(C)=CCN(CC=C(C)C)Cc1nc(-c2ncn3c2[C@@H]2CCCN2C(=O)c2ccccc2-3)no1. The molecule has 182 valence electrons. The molecule has 35 heavy (non-hydrogen) atoms. The lowest BCUT2D eigenvalue weighted by atomic mass is 10.1. The molecule has 0 spiro atoms. The van der Waals surface area contributed by atoms with E-state index in [1.165, 1.54) is 11.1 Å². The van der Waals surface area contributed by atoms with Crippen LogP contribution in [0.3, 0.4) is 0 Å². The summed E-state index contributed by atoms with van der Waals surface area (Å²) in [4.78, 5) is 27.0. The Balaban J connectivity index is 1.48. The molecule has 0 bridgehead atoms. The molecular weight excluding hydrogens is 440 g/mol. The molecule has 8 heteroatoms. The fourth-order valence-corrected chi connectivity index (χ4v) is 4.79. The summed E-state index contributed by atoms with van der Waals surface area (Å²) >= 11 is 0. The van der Waals surface area contributed by atoms with Crippen molar-refractivity contribution in [3.8, 4) is 17.2 Å². The second kappa shape index (κ2) is 9.62. The van der Waals surface area contributed by atoms with E-state index in [9.17, 15) is 4.79 Å². The lowest BCUT2D eigenvalue weighted by Gasteiger charge is -2.22. The lowest BCUT2D eigenvalue weighted by molar-refractivity contribution is 0.0739. The highest BCUT2D eigenvalue weighted by Crippen LogP contribution is 2.41. The summed E-state index contributed by atoms with van der Waals surface area (Å²) < 4.78 is 7.72. The average molecular weight is 473 g/mol. The van der Waals surface area contributed by atoms with Crippen LogP contribution in [0.1, 0.15) is 68.5 Å². The topological polar surface area (TPSA) is 80.3 Å². The monoisotopic (exact) mass is 472 g/mol. The number of carbonyl (C=O) groups is 1. The largest absolute Gasteiger partial charge is 0.337 e. The maximum absolute atomic E-state index is 13.3. The van der Waals surface area contributed by atoms with E-state index in [0.717, 1.165) is 43.9 Å². The molecule has 0 radical (unpaired) electrons. The predicted octanol–water partition coefficient (Wildman–Crippen LogP) is 4.95. The number of carbonyl (C=O) groups excluding carboxylic acids is 1. The number of fused-ring (bicyclic) bond motifs is 5. The minimum absolute atomic E-state index is 0.0545. The van der Waals surface area contributed by atoms with Gasteiger partial charge in [-0.05, 0) is 52.7 Å². The molecule has 0 aliphatic carbocycles. The number of amides is 1. The standard InChI is InChI=1S/C27H32N6O2/c1-18(2)11-14-31(15-12-19(3)4)16-23-29-26(30-35-23)24-25-22-10-7-13-32(22)27(34)20-8-5-6-9-21(20)33(25)17-28-24/h5-6,8-9,11-12,17,22H,7,10,13-16H2,1-4H3/t22-/m0/s1. The van der Waals surface area contributed by atoms with Gasteiger partial charge in [0.15, 0.2) is 0 Å². The molecular formula is C27H32N6O2. The number of allylic oxidation sites excluding steroid dienone is 2. The summed E-state index contributed by atoms with van der Waals surface area (Å²) in [6.45, 7) is 11.3. The Morgan fingerprint density at radius 3 is 2.63 bits per heavy atom. The highest BCUT2D eigenvalue weighted by molar-refractivity contribution is 5.99. The van der Waals surface area contributed by atoms with E-state index in [1.807, 2.05) is 33.7 Å². The van der Waals surface area contributed by atoms with E-state index >= 15 is 0 Å². The number of rotatable bonds is 7. The van der Waals surface area contributed by atoms with Crippen LogP contribution in [0, 0.1) is 0 Å². The number of nitrogens with zero attached hydrogens (tertiary/aromatic N) is 6. The number of benzene rings is 1. The zero-order chi connectivity index (χ0) is 24.5. The zero-order valence-corrected chi connectivity index (χ0v) is 20.9. The first-order valence-electron chi connectivity index (χ1n) is 12.2. The van der Waals surface area contributed by atoms with Crippen LogP contribution < -0.4 is 0 Å². The van der Waals surface area contributed by atoms with Crippen molar-refractivity contribution in [3.05, 3.63) is 71.0 Å². The van der Waals surface area contributed by atoms with Crippen LogP contribution in [-0.2, 0) is 6.54 Å². The van der Waals surface area contributed by atoms with E-state index in [0.29, 0.717) is 29.5 Å². The minimum Gasteiger partial charge on any atom is -0.337 e. The van der Waals surface area contributed by atoms with Gasteiger partial charge < -0.3 is 9.42 Å². The Bertz CT molecular complexity index is 1270. The summed E-state index contributed by atoms with van der Waals surface area (Å²) in [6.07, 6.45) is 8.04. The Hall–Kier alpha value is -3.52. The predicted molar refractivity (Wildman–Crippen MR) is 134 cm³/mol. The smallest absolute Gasteiger partial charge is 0.256 e. The van der Waals surface area contributed by atoms with Gasteiger partial charge in [0.25, 0.3) is 5.91 Å². The molecule has 2 aliphatic rings. The minimum atomic E-state index is -0.0545. The lowest BCUT2D eigenvalue weighted by Crippen LogP contribution is -2.29. The number of para-hydroxylation sites is 1. The molecule has 1 saturated heterocycles. The van der Waals surface area contributed by atoms with E-state index < -0.39 is 0 Å². The third-order valence-corrected chi connectivity index (χ3v) is 6.58. The first-order chi connectivity index (χ1) is 16.9. The van der Waals surface area contributed by atoms with Crippen LogP contribution in [0.15, 0.2) is 58.4 Å². The fraction of sp³-hybridized carbons (Fsp3) is 0.407. The van der Waals surface area contributed by atoms with Crippen LogP contribution >= 0.6 is 0 Å². The van der Waals surface area contributed by atoms with Crippen molar-refractivity contribution in [1.82, 2.24) is 29.5 Å². The molecule has 8 nitrogen and oxygen atoms in total. The molecule has 5 rings (SSSR count). The normalized spacial score (nSPS) is 16.5. The van der Waals surface area contributed by atoms with Crippen LogP contribution in [0.4, 0.5) is 0 Å². The molecule has 2 aromatic heterocycles. The maximum Gasteiger partial charge on any atom is 0.256 e. The molecule has 0 unspecified atom stereocenters. The Morgan fingerprint density at radius 2 is 1.89 bits per heavy atom. The van der Waals surface area contributed by atoms with Crippen LogP contribution in [0.2, 0.25) is 0 Å². The summed E-state index contributed by atoms with van der Waals surface area (Å²) in [5, 5.41) is 4.31. The summed E-state index contributed by atoms with van der Waals surface area (Å²) in [7, 11) is 0. The Labute approximate surface area is 205 Å². The van der Waals surface area contributed by atoms with Gasteiger partial charge in [0.05, 0.1) is 29.5 Å². The van der Waals surface area contributed by atoms with Crippen molar-refractivity contribution in [1.29, 1.82) is 0 Å². The van der Waals surface area contributed by atoms with E-state index in [4.69, 9.17) is 14.5 Å². The van der Waals surface area contributed by atoms with Gasteiger partial charge in [0, 0.05) is 19.6 Å². The second-order valence-corrected chi connectivity index (χ2v) is 9.79. The maximum atomic E-state index is 13.3. The van der Waals surface area contributed by atoms with E-state index in [-0.39, 0.29) is 11.9 Å². The Morgan fingerprint density at radius 1 is 1.14 bits per heavy atom. The van der Waals surface area contributed by atoms with Crippen LogP contribution in [0.5, 0.6) is 0 Å². The molecule has 1 atom stereocenters. The van der Waals surface area contributed by atoms with E-state index in [2.05, 4.69) is 49.9 Å². The molecule has 4 heterocycles. The highest BCUT2D eigenvalue weighted by Gasteiger charge is 2.39. The van der Waals surface area contributed by atoms with Crippen LogP contribution in [-0.4, -0.2) is 55.0 Å². The van der Waals surface area contributed by atoms with E-state index in [1.54, 1.807) is 6.33 Å². The van der Waals surface area contributed by atoms with Gasteiger partial charge in [-0.2, -0.15) is 4.98 Å². The fourth-order valence-electron chi connectivity index (χ4n) is 4.79. The number of imidazole rings is 1. The van der Waals surface area contributed by atoms with Crippen molar-refractivity contribution in [2.45, 2.75) is 53.1 Å². The van der Waals surface area contributed by atoms with Crippen molar-refractivity contribution in [2.75, 3.05) is 19.6 Å². The van der Waals surface area contributed by atoms with Crippen molar-refractivity contribution in [3.63, 3.8) is 0 Å². The summed E-state index contributed by atoms with van der Waals surface area (Å²) in [5.41, 5.74) is 5.73. The van der Waals surface area contributed by atoms with Crippen LogP contribution in [0.25, 0.3) is 17.2 Å². The molecule has 0 saturated carbocycles.